The van der Waals surface area contributed by atoms with Crippen LogP contribution in [0.4, 0.5) is 15.8 Å². The van der Waals surface area contributed by atoms with Crippen LogP contribution in [0.2, 0.25) is 0 Å². The van der Waals surface area contributed by atoms with Gasteiger partial charge in [0.25, 0.3) is 5.56 Å². The van der Waals surface area contributed by atoms with Gasteiger partial charge in [0.15, 0.2) is 0 Å². The summed E-state index contributed by atoms with van der Waals surface area (Å²) in [6.45, 7) is 1.92. The minimum absolute atomic E-state index is 0.0627. The maximum atomic E-state index is 12.9. The summed E-state index contributed by atoms with van der Waals surface area (Å²) in [5.41, 5.74) is 6.51. The lowest BCUT2D eigenvalue weighted by Crippen LogP contribution is -2.25. The second kappa shape index (κ2) is 6.17. The van der Waals surface area contributed by atoms with Crippen LogP contribution in [0, 0.1) is 12.7 Å². The molecule has 110 valence electrons. The third-order valence-corrected chi connectivity index (χ3v) is 2.84. The van der Waals surface area contributed by atoms with Gasteiger partial charge in [-0.25, -0.2) is 9.07 Å². The summed E-state index contributed by atoms with van der Waals surface area (Å²) in [6.07, 6.45) is 0.0627. The van der Waals surface area contributed by atoms with Crippen LogP contribution < -0.4 is 16.6 Å². The number of benzene rings is 1. The van der Waals surface area contributed by atoms with E-state index in [-0.39, 0.29) is 30.1 Å². The fourth-order valence-electron chi connectivity index (χ4n) is 1.78. The second-order valence-corrected chi connectivity index (χ2v) is 4.57. The van der Waals surface area contributed by atoms with Gasteiger partial charge in [0.1, 0.15) is 5.82 Å². The number of hydrogen-bond acceptors (Lipinski definition) is 4. The molecule has 2 rings (SSSR count). The normalized spacial score (nSPS) is 10.4. The van der Waals surface area contributed by atoms with Crippen molar-refractivity contribution in [2.75, 3.05) is 11.1 Å². The zero-order valence-corrected chi connectivity index (χ0v) is 11.5. The highest BCUT2D eigenvalue weighted by Gasteiger charge is 2.07. The average Bonchev–Trinajstić information content (AvgIpc) is 2.43. The molecule has 0 fully saturated rings. The quantitative estimate of drug-likeness (QED) is 0.830. The number of nitrogens with zero attached hydrogens (tertiary/aromatic N) is 2. The van der Waals surface area contributed by atoms with E-state index in [4.69, 9.17) is 5.73 Å². The van der Waals surface area contributed by atoms with E-state index in [1.165, 1.54) is 22.9 Å². The van der Waals surface area contributed by atoms with Gasteiger partial charge in [0.2, 0.25) is 5.91 Å². The zero-order valence-electron chi connectivity index (χ0n) is 11.5. The highest BCUT2D eigenvalue weighted by Crippen LogP contribution is 2.19. The van der Waals surface area contributed by atoms with E-state index in [0.717, 1.165) is 6.07 Å². The number of nitrogens with two attached hydrogens (primary N) is 1. The molecular weight excluding hydrogens is 275 g/mol. The van der Waals surface area contributed by atoms with E-state index in [1.807, 2.05) is 0 Å². The molecule has 0 radical (unpaired) electrons. The van der Waals surface area contributed by atoms with Crippen LogP contribution in [-0.4, -0.2) is 15.7 Å². The Labute approximate surface area is 120 Å². The van der Waals surface area contributed by atoms with E-state index in [1.54, 1.807) is 13.0 Å². The molecule has 1 amide bonds. The van der Waals surface area contributed by atoms with Gasteiger partial charge in [0, 0.05) is 12.5 Å². The molecule has 1 aromatic heterocycles. The SMILES string of the molecule is Cc1ccc(=O)n(CCC(=O)Nc2ccc(F)cc2N)n1. The van der Waals surface area contributed by atoms with Gasteiger partial charge in [-0.1, -0.05) is 0 Å². The Bertz CT molecular complexity index is 727. The number of aromatic nitrogens is 2. The Balaban J connectivity index is 1.99. The van der Waals surface area contributed by atoms with E-state index in [0.29, 0.717) is 11.4 Å². The number of carbonyl (C=O) groups excluding carboxylic acids is 1. The van der Waals surface area contributed by atoms with Crippen molar-refractivity contribution < 1.29 is 9.18 Å². The Kier molecular flexibility index (Phi) is 4.32. The molecule has 0 aliphatic carbocycles. The molecule has 7 heteroatoms. The first-order valence-electron chi connectivity index (χ1n) is 6.35. The highest BCUT2D eigenvalue weighted by molar-refractivity contribution is 5.93. The van der Waals surface area contributed by atoms with Gasteiger partial charge in [0.05, 0.1) is 23.6 Å². The largest absolute Gasteiger partial charge is 0.397 e. The maximum absolute atomic E-state index is 12.9. The molecule has 2 aromatic rings. The lowest BCUT2D eigenvalue weighted by Gasteiger charge is -2.09. The standard InChI is InChI=1S/C14H15FN4O2/c1-9-2-5-14(21)19(18-9)7-6-13(20)17-12-4-3-10(15)8-11(12)16/h2-5,8H,6-7,16H2,1H3,(H,17,20). The average molecular weight is 290 g/mol. The van der Waals surface area contributed by atoms with E-state index in [2.05, 4.69) is 10.4 Å². The van der Waals surface area contributed by atoms with Crippen molar-refractivity contribution in [1.29, 1.82) is 0 Å². The number of carbonyl (C=O) groups is 1. The number of hydrogen-bond donors (Lipinski definition) is 2. The number of anilines is 2. The number of nitrogen functional groups attached to an aromatic ring is 1. The van der Waals surface area contributed by atoms with Crippen LogP contribution in [0.15, 0.2) is 35.1 Å². The molecule has 0 aliphatic rings. The molecule has 0 atom stereocenters. The molecule has 1 aromatic carbocycles. The van der Waals surface area contributed by atoms with Crippen molar-refractivity contribution >= 4 is 17.3 Å². The van der Waals surface area contributed by atoms with Crippen LogP contribution in [0.25, 0.3) is 0 Å². The van der Waals surface area contributed by atoms with Crippen molar-refractivity contribution in [1.82, 2.24) is 9.78 Å². The molecule has 3 N–H and O–H groups in total. The molecule has 6 nitrogen and oxygen atoms in total. The maximum Gasteiger partial charge on any atom is 0.266 e. The third kappa shape index (κ3) is 3.88. The summed E-state index contributed by atoms with van der Waals surface area (Å²) in [5, 5.41) is 6.60. The molecule has 21 heavy (non-hydrogen) atoms. The Hall–Kier alpha value is -2.70. The van der Waals surface area contributed by atoms with Crippen LogP contribution in [-0.2, 0) is 11.3 Å². The summed E-state index contributed by atoms with van der Waals surface area (Å²) in [6, 6.07) is 6.73. The van der Waals surface area contributed by atoms with Crippen molar-refractivity contribution in [3.63, 3.8) is 0 Å². The molecule has 0 unspecified atom stereocenters. The number of amides is 1. The van der Waals surface area contributed by atoms with Crippen LogP contribution in [0.3, 0.4) is 0 Å². The first-order chi connectivity index (χ1) is 9.95. The predicted octanol–water partition coefficient (Wildman–Crippen LogP) is 1.30. The van der Waals surface area contributed by atoms with Crippen LogP contribution in [0.5, 0.6) is 0 Å². The van der Waals surface area contributed by atoms with E-state index in [9.17, 15) is 14.0 Å². The molecular formula is C14H15FN4O2. The lowest BCUT2D eigenvalue weighted by atomic mass is 10.2. The molecule has 0 bridgehead atoms. The van der Waals surface area contributed by atoms with Gasteiger partial charge >= 0.3 is 0 Å². The van der Waals surface area contributed by atoms with Gasteiger partial charge in [-0.2, -0.15) is 5.10 Å². The fourth-order valence-corrected chi connectivity index (χ4v) is 1.78. The fraction of sp³-hybridized carbons (Fsp3) is 0.214. The molecule has 1 heterocycles. The van der Waals surface area contributed by atoms with E-state index < -0.39 is 5.82 Å². The first kappa shape index (κ1) is 14.7. The number of rotatable bonds is 4. The minimum atomic E-state index is -0.471. The van der Waals surface area contributed by atoms with Crippen molar-refractivity contribution in [2.45, 2.75) is 19.9 Å². The van der Waals surface area contributed by atoms with Gasteiger partial charge in [-0.05, 0) is 31.2 Å². The summed E-state index contributed by atoms with van der Waals surface area (Å²) in [7, 11) is 0. The molecule has 0 aliphatic heterocycles. The van der Waals surface area contributed by atoms with Crippen molar-refractivity contribution in [3.05, 3.63) is 52.2 Å². The van der Waals surface area contributed by atoms with Crippen LogP contribution in [0.1, 0.15) is 12.1 Å². The number of nitrogens with one attached hydrogen (secondary N) is 1. The number of aryl methyl sites for hydroxylation is 2. The molecule has 0 saturated heterocycles. The smallest absolute Gasteiger partial charge is 0.266 e. The molecule has 0 saturated carbocycles. The van der Waals surface area contributed by atoms with Gasteiger partial charge in [-0.15, -0.1) is 0 Å². The minimum Gasteiger partial charge on any atom is -0.397 e. The monoisotopic (exact) mass is 290 g/mol. The van der Waals surface area contributed by atoms with Gasteiger partial charge < -0.3 is 11.1 Å². The van der Waals surface area contributed by atoms with Gasteiger partial charge in [-0.3, -0.25) is 9.59 Å². The number of halogens is 1. The summed E-state index contributed by atoms with van der Waals surface area (Å²) < 4.78 is 14.1. The predicted molar refractivity (Wildman–Crippen MR) is 77.3 cm³/mol. The summed E-state index contributed by atoms with van der Waals surface area (Å²) in [5.74, 6) is -0.801. The van der Waals surface area contributed by atoms with Crippen LogP contribution >= 0.6 is 0 Å². The Morgan fingerprint density at radius 3 is 2.86 bits per heavy atom. The van der Waals surface area contributed by atoms with E-state index >= 15 is 0 Å². The Morgan fingerprint density at radius 2 is 2.14 bits per heavy atom. The van der Waals surface area contributed by atoms with Crippen molar-refractivity contribution in [2.24, 2.45) is 0 Å². The highest BCUT2D eigenvalue weighted by atomic mass is 19.1. The van der Waals surface area contributed by atoms with Crippen molar-refractivity contribution in [3.8, 4) is 0 Å². The molecule has 0 spiro atoms. The first-order valence-corrected chi connectivity index (χ1v) is 6.35. The zero-order chi connectivity index (χ0) is 15.4. The second-order valence-electron chi connectivity index (χ2n) is 4.57. The topological polar surface area (TPSA) is 90.0 Å². The Morgan fingerprint density at radius 1 is 1.38 bits per heavy atom. The summed E-state index contributed by atoms with van der Waals surface area (Å²) in [4.78, 5) is 23.4. The third-order valence-electron chi connectivity index (χ3n) is 2.84. The lowest BCUT2D eigenvalue weighted by molar-refractivity contribution is -0.116. The summed E-state index contributed by atoms with van der Waals surface area (Å²) >= 11 is 0.